The van der Waals surface area contributed by atoms with Crippen LogP contribution in [0.1, 0.15) is 26.5 Å². The molecule has 1 aromatic carbocycles. The van der Waals surface area contributed by atoms with E-state index in [0.717, 1.165) is 16.7 Å². The Kier molecular flexibility index (Phi) is 4.47. The fourth-order valence-electron chi connectivity index (χ4n) is 1.64. The van der Waals surface area contributed by atoms with Crippen molar-refractivity contribution in [1.29, 1.82) is 0 Å². The summed E-state index contributed by atoms with van der Waals surface area (Å²) in [5.74, 6) is -0.216. The zero-order valence-electron chi connectivity index (χ0n) is 10.0. The number of hydrogen-bond acceptors (Lipinski definition) is 1. The SMILES string of the molecule is CC.CCn1nc2cc(Br)cc(F)c2c1C. The van der Waals surface area contributed by atoms with Crippen LogP contribution in [0.5, 0.6) is 0 Å². The molecule has 0 bridgehead atoms. The Labute approximate surface area is 104 Å². The maximum Gasteiger partial charge on any atom is 0.135 e. The lowest BCUT2D eigenvalue weighted by Crippen LogP contribution is -1.97. The molecule has 0 saturated carbocycles. The molecule has 0 amide bonds. The normalized spacial score (nSPS) is 10.1. The van der Waals surface area contributed by atoms with Gasteiger partial charge in [0.15, 0.2) is 0 Å². The molecule has 88 valence electrons. The largest absolute Gasteiger partial charge is 0.269 e. The first-order chi connectivity index (χ1) is 7.63. The van der Waals surface area contributed by atoms with E-state index < -0.39 is 0 Å². The van der Waals surface area contributed by atoms with Gasteiger partial charge in [-0.15, -0.1) is 0 Å². The maximum atomic E-state index is 13.6. The van der Waals surface area contributed by atoms with Crippen molar-refractivity contribution in [2.24, 2.45) is 0 Å². The zero-order chi connectivity index (χ0) is 12.3. The summed E-state index contributed by atoms with van der Waals surface area (Å²) in [6.07, 6.45) is 0. The second-order valence-corrected chi connectivity index (χ2v) is 4.10. The van der Waals surface area contributed by atoms with Crippen LogP contribution in [0, 0.1) is 12.7 Å². The first-order valence-electron chi connectivity index (χ1n) is 5.45. The maximum absolute atomic E-state index is 13.6. The van der Waals surface area contributed by atoms with Gasteiger partial charge in [-0.05, 0) is 26.0 Å². The molecule has 16 heavy (non-hydrogen) atoms. The van der Waals surface area contributed by atoms with E-state index in [1.54, 1.807) is 4.68 Å². The summed E-state index contributed by atoms with van der Waals surface area (Å²) < 4.78 is 16.1. The van der Waals surface area contributed by atoms with Crippen molar-refractivity contribution in [3.05, 3.63) is 28.1 Å². The number of rotatable bonds is 1. The van der Waals surface area contributed by atoms with Crippen molar-refractivity contribution in [3.63, 3.8) is 0 Å². The molecule has 0 spiro atoms. The molecule has 2 rings (SSSR count). The summed E-state index contributed by atoms with van der Waals surface area (Å²) in [6, 6.07) is 3.30. The third-order valence-electron chi connectivity index (χ3n) is 2.31. The van der Waals surface area contributed by atoms with E-state index in [1.165, 1.54) is 6.07 Å². The molecule has 0 unspecified atom stereocenters. The molecular formula is C12H16BrFN2. The van der Waals surface area contributed by atoms with Crippen molar-refractivity contribution >= 4 is 26.8 Å². The molecular weight excluding hydrogens is 271 g/mol. The van der Waals surface area contributed by atoms with Crippen LogP contribution >= 0.6 is 15.9 Å². The molecule has 0 aliphatic heterocycles. The van der Waals surface area contributed by atoms with E-state index in [4.69, 9.17) is 0 Å². The van der Waals surface area contributed by atoms with Crippen LogP contribution in [-0.4, -0.2) is 9.78 Å². The molecule has 1 heterocycles. The van der Waals surface area contributed by atoms with Gasteiger partial charge in [0.25, 0.3) is 0 Å². The fraction of sp³-hybridized carbons (Fsp3) is 0.417. The second kappa shape index (κ2) is 5.43. The average Bonchev–Trinajstić information content (AvgIpc) is 2.58. The van der Waals surface area contributed by atoms with E-state index in [0.29, 0.717) is 10.9 Å². The van der Waals surface area contributed by atoms with Gasteiger partial charge < -0.3 is 0 Å². The van der Waals surface area contributed by atoms with Gasteiger partial charge in [0.2, 0.25) is 0 Å². The van der Waals surface area contributed by atoms with Crippen LogP contribution < -0.4 is 0 Å². The molecule has 0 aliphatic carbocycles. The van der Waals surface area contributed by atoms with E-state index >= 15 is 0 Å². The van der Waals surface area contributed by atoms with Gasteiger partial charge in [0.1, 0.15) is 5.82 Å². The van der Waals surface area contributed by atoms with Crippen molar-refractivity contribution in [2.75, 3.05) is 0 Å². The number of fused-ring (bicyclic) bond motifs is 1. The number of halogens is 2. The van der Waals surface area contributed by atoms with E-state index in [2.05, 4.69) is 21.0 Å². The van der Waals surface area contributed by atoms with Gasteiger partial charge >= 0.3 is 0 Å². The lowest BCUT2D eigenvalue weighted by atomic mass is 10.2. The molecule has 2 nitrogen and oxygen atoms in total. The Morgan fingerprint density at radius 2 is 2.00 bits per heavy atom. The fourth-order valence-corrected chi connectivity index (χ4v) is 2.06. The van der Waals surface area contributed by atoms with Gasteiger partial charge in [-0.1, -0.05) is 29.8 Å². The van der Waals surface area contributed by atoms with Gasteiger partial charge in [-0.3, -0.25) is 4.68 Å². The molecule has 0 saturated heterocycles. The first kappa shape index (κ1) is 13.2. The van der Waals surface area contributed by atoms with Crippen molar-refractivity contribution in [1.82, 2.24) is 9.78 Å². The van der Waals surface area contributed by atoms with E-state index in [1.807, 2.05) is 33.8 Å². The second-order valence-electron chi connectivity index (χ2n) is 3.18. The Balaban J connectivity index is 0.000000606. The molecule has 0 fully saturated rings. The summed E-state index contributed by atoms with van der Waals surface area (Å²) in [5.41, 5.74) is 1.59. The number of benzene rings is 1. The van der Waals surface area contributed by atoms with Crippen molar-refractivity contribution < 1.29 is 4.39 Å². The highest BCUT2D eigenvalue weighted by molar-refractivity contribution is 9.10. The minimum absolute atomic E-state index is 0.216. The monoisotopic (exact) mass is 286 g/mol. The van der Waals surface area contributed by atoms with Gasteiger partial charge in [-0.25, -0.2) is 4.39 Å². The smallest absolute Gasteiger partial charge is 0.135 e. The summed E-state index contributed by atoms with van der Waals surface area (Å²) in [7, 11) is 0. The molecule has 0 N–H and O–H groups in total. The van der Waals surface area contributed by atoms with Crippen LogP contribution in [0.3, 0.4) is 0 Å². The molecule has 0 aliphatic rings. The third-order valence-corrected chi connectivity index (χ3v) is 2.77. The van der Waals surface area contributed by atoms with E-state index in [-0.39, 0.29) is 5.82 Å². The highest BCUT2D eigenvalue weighted by atomic mass is 79.9. The number of nitrogens with zero attached hydrogens (tertiary/aromatic N) is 2. The summed E-state index contributed by atoms with van der Waals surface area (Å²) >= 11 is 3.25. The summed E-state index contributed by atoms with van der Waals surface area (Å²) in [4.78, 5) is 0. The predicted octanol–water partition coefficient (Wildman–Crippen LogP) is 4.29. The van der Waals surface area contributed by atoms with Crippen LogP contribution in [0.15, 0.2) is 16.6 Å². The standard InChI is InChI=1S/C10H10BrFN2.C2H6/c1-3-14-6(2)10-8(12)4-7(11)5-9(10)13-14;1-2/h4-5H,3H2,1-2H3;1-2H3. The summed E-state index contributed by atoms with van der Waals surface area (Å²) in [6.45, 7) is 8.64. The molecule has 0 atom stereocenters. The Morgan fingerprint density at radius 3 is 2.56 bits per heavy atom. The molecule has 1 aromatic heterocycles. The quantitative estimate of drug-likeness (QED) is 0.765. The topological polar surface area (TPSA) is 17.8 Å². The third kappa shape index (κ3) is 2.26. The molecule has 0 radical (unpaired) electrons. The average molecular weight is 287 g/mol. The van der Waals surface area contributed by atoms with Crippen LogP contribution in [-0.2, 0) is 6.54 Å². The molecule has 4 heteroatoms. The van der Waals surface area contributed by atoms with Crippen LogP contribution in [0.2, 0.25) is 0 Å². The Hall–Kier alpha value is -0.900. The number of aryl methyl sites for hydroxylation is 2. The van der Waals surface area contributed by atoms with Gasteiger partial charge in [0, 0.05) is 16.7 Å². The lowest BCUT2D eigenvalue weighted by molar-refractivity contribution is 0.631. The number of hydrogen-bond donors (Lipinski definition) is 0. The lowest BCUT2D eigenvalue weighted by Gasteiger charge is -1.97. The van der Waals surface area contributed by atoms with Crippen molar-refractivity contribution in [3.8, 4) is 0 Å². The zero-order valence-corrected chi connectivity index (χ0v) is 11.6. The summed E-state index contributed by atoms with van der Waals surface area (Å²) in [5, 5.41) is 4.92. The Bertz CT molecular complexity index is 491. The van der Waals surface area contributed by atoms with E-state index in [9.17, 15) is 4.39 Å². The number of aromatic nitrogens is 2. The first-order valence-corrected chi connectivity index (χ1v) is 6.25. The van der Waals surface area contributed by atoms with Crippen molar-refractivity contribution in [2.45, 2.75) is 34.2 Å². The minimum Gasteiger partial charge on any atom is -0.269 e. The minimum atomic E-state index is -0.216. The predicted molar refractivity (Wildman–Crippen MR) is 69.2 cm³/mol. The highest BCUT2D eigenvalue weighted by Gasteiger charge is 2.11. The van der Waals surface area contributed by atoms with Gasteiger partial charge in [-0.2, -0.15) is 5.10 Å². The Morgan fingerprint density at radius 1 is 1.38 bits per heavy atom. The van der Waals surface area contributed by atoms with Crippen LogP contribution in [0.25, 0.3) is 10.9 Å². The molecule has 2 aromatic rings. The van der Waals surface area contributed by atoms with Crippen LogP contribution in [0.4, 0.5) is 4.39 Å². The highest BCUT2D eigenvalue weighted by Crippen LogP contribution is 2.25. The van der Waals surface area contributed by atoms with Gasteiger partial charge in [0.05, 0.1) is 10.9 Å².